The molecule has 0 aromatic carbocycles. The number of anilines is 1. The van der Waals surface area contributed by atoms with Crippen molar-refractivity contribution in [3.63, 3.8) is 0 Å². The number of nitrogens with zero attached hydrogens (tertiary/aromatic N) is 2. The van der Waals surface area contributed by atoms with Gasteiger partial charge in [-0.1, -0.05) is 26.7 Å². The summed E-state index contributed by atoms with van der Waals surface area (Å²) in [4.78, 5) is 4.06. The monoisotopic (exact) mass is 285 g/mol. The van der Waals surface area contributed by atoms with Gasteiger partial charge in [0.05, 0.1) is 4.90 Å². The van der Waals surface area contributed by atoms with Crippen molar-refractivity contribution in [3.8, 4) is 0 Å². The number of sulfonamides is 1. The summed E-state index contributed by atoms with van der Waals surface area (Å²) in [5.74, 6) is 0.229. The van der Waals surface area contributed by atoms with Crippen LogP contribution < -0.4 is 5.73 Å². The van der Waals surface area contributed by atoms with Crippen LogP contribution >= 0.6 is 0 Å². The summed E-state index contributed by atoms with van der Waals surface area (Å²) in [6.07, 6.45) is 5.10. The van der Waals surface area contributed by atoms with E-state index in [2.05, 4.69) is 18.8 Å². The summed E-state index contributed by atoms with van der Waals surface area (Å²) in [5, 5.41) is 0. The van der Waals surface area contributed by atoms with Gasteiger partial charge < -0.3 is 5.73 Å². The highest BCUT2D eigenvalue weighted by Crippen LogP contribution is 2.18. The molecule has 0 atom stereocenters. The van der Waals surface area contributed by atoms with E-state index in [4.69, 9.17) is 5.73 Å². The predicted octanol–water partition coefficient (Wildman–Crippen LogP) is 2.25. The van der Waals surface area contributed by atoms with Crippen LogP contribution in [0.2, 0.25) is 0 Å². The molecular formula is C13H23N3O2S. The zero-order chi connectivity index (χ0) is 14.3. The van der Waals surface area contributed by atoms with Gasteiger partial charge in [0.15, 0.2) is 0 Å². The number of unbranched alkanes of at least 4 members (excludes halogenated alkanes) is 2. The van der Waals surface area contributed by atoms with Gasteiger partial charge in [-0.05, 0) is 18.9 Å². The van der Waals surface area contributed by atoms with Crippen molar-refractivity contribution >= 4 is 15.8 Å². The number of pyridine rings is 1. The van der Waals surface area contributed by atoms with E-state index in [0.29, 0.717) is 13.1 Å². The molecule has 1 heterocycles. The number of hydrogen-bond acceptors (Lipinski definition) is 4. The van der Waals surface area contributed by atoms with Crippen molar-refractivity contribution in [2.75, 3.05) is 18.8 Å². The van der Waals surface area contributed by atoms with E-state index < -0.39 is 10.0 Å². The van der Waals surface area contributed by atoms with Crippen molar-refractivity contribution < 1.29 is 8.42 Å². The second kappa shape index (κ2) is 7.45. The Morgan fingerprint density at radius 3 is 2.26 bits per heavy atom. The summed E-state index contributed by atoms with van der Waals surface area (Å²) in [6, 6.07) is 2.91. The molecule has 0 saturated carbocycles. The van der Waals surface area contributed by atoms with Crippen LogP contribution in [0.1, 0.15) is 39.5 Å². The molecule has 1 rings (SSSR count). The molecule has 0 saturated heterocycles. The first-order valence-corrected chi connectivity index (χ1v) is 8.18. The molecular weight excluding hydrogens is 262 g/mol. The van der Waals surface area contributed by atoms with Gasteiger partial charge in [-0.2, -0.15) is 4.31 Å². The Morgan fingerprint density at radius 2 is 1.79 bits per heavy atom. The fraction of sp³-hybridized carbons (Fsp3) is 0.615. The van der Waals surface area contributed by atoms with Crippen molar-refractivity contribution in [3.05, 3.63) is 18.3 Å². The number of hydrogen-bond donors (Lipinski definition) is 1. The number of aromatic nitrogens is 1. The van der Waals surface area contributed by atoms with E-state index in [0.717, 1.165) is 25.7 Å². The van der Waals surface area contributed by atoms with Gasteiger partial charge in [-0.3, -0.25) is 0 Å². The smallest absolute Gasteiger partial charge is 0.243 e. The van der Waals surface area contributed by atoms with E-state index in [1.165, 1.54) is 18.3 Å². The topological polar surface area (TPSA) is 76.3 Å². The highest BCUT2D eigenvalue weighted by Gasteiger charge is 2.23. The molecule has 6 heteroatoms. The molecule has 2 N–H and O–H groups in total. The highest BCUT2D eigenvalue weighted by molar-refractivity contribution is 7.89. The standard InChI is InChI=1S/C13H23N3O2S/c1-3-5-9-16(10-6-4-2)19(17,18)12-7-8-15-13(14)11-12/h7-8,11H,3-6,9-10H2,1-2H3,(H2,14,15). The van der Waals surface area contributed by atoms with Crippen LogP contribution in [0, 0.1) is 0 Å². The first kappa shape index (κ1) is 15.9. The van der Waals surface area contributed by atoms with Gasteiger partial charge in [0.1, 0.15) is 5.82 Å². The third kappa shape index (κ3) is 4.47. The zero-order valence-corrected chi connectivity index (χ0v) is 12.5. The molecule has 0 radical (unpaired) electrons. The fourth-order valence-electron chi connectivity index (χ4n) is 1.76. The zero-order valence-electron chi connectivity index (χ0n) is 11.7. The van der Waals surface area contributed by atoms with E-state index in [9.17, 15) is 8.42 Å². The summed E-state index contributed by atoms with van der Waals surface area (Å²) in [6.45, 7) is 5.21. The van der Waals surface area contributed by atoms with Crippen LogP contribution in [0.5, 0.6) is 0 Å². The average molecular weight is 285 g/mol. The Labute approximate surface area is 115 Å². The van der Waals surface area contributed by atoms with Crippen molar-refractivity contribution in [2.45, 2.75) is 44.4 Å². The lowest BCUT2D eigenvalue weighted by molar-refractivity contribution is 0.395. The molecule has 0 aliphatic carbocycles. The Morgan fingerprint density at radius 1 is 1.21 bits per heavy atom. The van der Waals surface area contributed by atoms with E-state index in [1.807, 2.05) is 0 Å². The lowest BCUT2D eigenvalue weighted by Gasteiger charge is -2.21. The molecule has 0 bridgehead atoms. The maximum atomic E-state index is 12.5. The normalized spacial score (nSPS) is 11.9. The van der Waals surface area contributed by atoms with Crippen LogP contribution in [-0.2, 0) is 10.0 Å². The van der Waals surface area contributed by atoms with Crippen LogP contribution in [0.4, 0.5) is 5.82 Å². The van der Waals surface area contributed by atoms with Crippen molar-refractivity contribution in [1.82, 2.24) is 9.29 Å². The van der Waals surface area contributed by atoms with Gasteiger partial charge in [0, 0.05) is 25.4 Å². The third-order valence-electron chi connectivity index (χ3n) is 2.91. The highest BCUT2D eigenvalue weighted by atomic mass is 32.2. The molecule has 0 spiro atoms. The Bertz CT molecular complexity index is 480. The van der Waals surface area contributed by atoms with Crippen molar-refractivity contribution in [1.29, 1.82) is 0 Å². The van der Waals surface area contributed by atoms with Crippen LogP contribution in [-0.4, -0.2) is 30.8 Å². The van der Waals surface area contributed by atoms with Gasteiger partial charge in [0.25, 0.3) is 0 Å². The third-order valence-corrected chi connectivity index (χ3v) is 4.81. The molecule has 108 valence electrons. The summed E-state index contributed by atoms with van der Waals surface area (Å²) >= 11 is 0. The SMILES string of the molecule is CCCCN(CCCC)S(=O)(=O)c1ccnc(N)c1. The Balaban J connectivity index is 2.97. The molecule has 0 unspecified atom stereocenters. The van der Waals surface area contributed by atoms with E-state index in [-0.39, 0.29) is 10.7 Å². The predicted molar refractivity (Wildman–Crippen MR) is 77.2 cm³/mol. The first-order valence-electron chi connectivity index (χ1n) is 6.74. The van der Waals surface area contributed by atoms with Gasteiger partial charge in [-0.25, -0.2) is 13.4 Å². The Hall–Kier alpha value is -1.14. The van der Waals surface area contributed by atoms with Crippen molar-refractivity contribution in [2.24, 2.45) is 0 Å². The molecule has 0 amide bonds. The first-order chi connectivity index (χ1) is 9.02. The molecule has 0 aliphatic heterocycles. The molecule has 0 fully saturated rings. The molecule has 19 heavy (non-hydrogen) atoms. The van der Waals surface area contributed by atoms with Gasteiger partial charge >= 0.3 is 0 Å². The number of nitrogen functional groups attached to an aromatic ring is 1. The Kier molecular flexibility index (Phi) is 6.24. The minimum absolute atomic E-state index is 0.229. The lowest BCUT2D eigenvalue weighted by Crippen LogP contribution is -2.33. The minimum atomic E-state index is -3.45. The average Bonchev–Trinajstić information content (AvgIpc) is 2.38. The maximum absolute atomic E-state index is 12.5. The molecule has 1 aromatic rings. The van der Waals surface area contributed by atoms with Crippen LogP contribution in [0.15, 0.2) is 23.2 Å². The quantitative estimate of drug-likeness (QED) is 0.795. The molecule has 1 aromatic heterocycles. The van der Waals surface area contributed by atoms with E-state index >= 15 is 0 Å². The summed E-state index contributed by atoms with van der Waals surface area (Å²) in [5.41, 5.74) is 5.56. The van der Waals surface area contributed by atoms with Gasteiger partial charge in [0.2, 0.25) is 10.0 Å². The van der Waals surface area contributed by atoms with Crippen LogP contribution in [0.3, 0.4) is 0 Å². The second-order valence-electron chi connectivity index (χ2n) is 4.53. The second-order valence-corrected chi connectivity index (χ2v) is 6.47. The van der Waals surface area contributed by atoms with E-state index in [1.54, 1.807) is 4.31 Å². The molecule has 5 nitrogen and oxygen atoms in total. The number of nitrogens with two attached hydrogens (primary N) is 1. The number of rotatable bonds is 8. The summed E-state index contributed by atoms with van der Waals surface area (Å²) < 4.78 is 26.6. The fourth-order valence-corrected chi connectivity index (χ4v) is 3.30. The maximum Gasteiger partial charge on any atom is 0.243 e. The van der Waals surface area contributed by atoms with Gasteiger partial charge in [-0.15, -0.1) is 0 Å². The van der Waals surface area contributed by atoms with Crippen LogP contribution in [0.25, 0.3) is 0 Å². The molecule has 0 aliphatic rings. The minimum Gasteiger partial charge on any atom is -0.384 e. The lowest BCUT2D eigenvalue weighted by atomic mass is 10.3. The summed E-state index contributed by atoms with van der Waals surface area (Å²) in [7, 11) is -3.45. The largest absolute Gasteiger partial charge is 0.384 e.